The zero-order valence-electron chi connectivity index (χ0n) is 14.8. The monoisotopic (exact) mass is 385 g/mol. The summed E-state index contributed by atoms with van der Waals surface area (Å²) in [5.41, 5.74) is -0.0107. The Labute approximate surface area is 159 Å². The molecular weight excluding hydrogens is 368 g/mol. The number of nitrogens with zero attached hydrogens (tertiary/aromatic N) is 6. The van der Waals surface area contributed by atoms with E-state index in [1.807, 2.05) is 11.0 Å². The lowest BCUT2D eigenvalue weighted by atomic mass is 9.96. The second kappa shape index (κ2) is 7.67. The van der Waals surface area contributed by atoms with Crippen LogP contribution in [0.1, 0.15) is 12.8 Å². The second-order valence-electron chi connectivity index (χ2n) is 6.46. The number of carbonyl (C=O) groups is 1. The third kappa shape index (κ3) is 3.80. The van der Waals surface area contributed by atoms with Crippen LogP contribution in [0.25, 0.3) is 5.82 Å². The largest absolute Gasteiger partial charge is 0.355 e. The van der Waals surface area contributed by atoms with Gasteiger partial charge in [-0.3, -0.25) is 4.79 Å². The molecule has 2 aromatic heterocycles. The highest BCUT2D eigenvalue weighted by Gasteiger charge is 2.26. The normalized spacial score (nSPS) is 14.9. The number of benzene rings is 1. The molecule has 0 radical (unpaired) electrons. The summed E-state index contributed by atoms with van der Waals surface area (Å²) in [5.74, 6) is -0.696. The van der Waals surface area contributed by atoms with E-state index in [9.17, 15) is 13.6 Å². The average Bonchev–Trinajstić information content (AvgIpc) is 3.25. The number of hydrogen-bond acceptors (Lipinski definition) is 6. The molecule has 1 aromatic carbocycles. The summed E-state index contributed by atoms with van der Waals surface area (Å²) in [4.78, 5) is 18.3. The van der Waals surface area contributed by atoms with E-state index >= 15 is 0 Å². The first-order valence-corrected chi connectivity index (χ1v) is 8.80. The average molecular weight is 385 g/mol. The predicted octanol–water partition coefficient (Wildman–Crippen LogP) is 2.19. The van der Waals surface area contributed by atoms with Crippen molar-refractivity contribution in [3.05, 3.63) is 54.6 Å². The van der Waals surface area contributed by atoms with Gasteiger partial charge in [0, 0.05) is 25.1 Å². The number of nitrogens with one attached hydrogen (secondary N) is 1. The highest BCUT2D eigenvalue weighted by Crippen LogP contribution is 2.24. The number of aromatic nitrogens is 5. The van der Waals surface area contributed by atoms with Gasteiger partial charge >= 0.3 is 0 Å². The molecule has 10 heteroatoms. The highest BCUT2D eigenvalue weighted by molar-refractivity contribution is 5.92. The summed E-state index contributed by atoms with van der Waals surface area (Å²) in [6.45, 7) is 1.25. The van der Waals surface area contributed by atoms with Gasteiger partial charge in [-0.25, -0.2) is 18.4 Å². The summed E-state index contributed by atoms with van der Waals surface area (Å²) >= 11 is 0. The molecule has 0 spiro atoms. The van der Waals surface area contributed by atoms with Crippen molar-refractivity contribution in [3.63, 3.8) is 0 Å². The molecule has 3 heterocycles. The quantitative estimate of drug-likeness (QED) is 0.741. The molecule has 0 unspecified atom stereocenters. The first kappa shape index (κ1) is 18.0. The zero-order chi connectivity index (χ0) is 19.5. The summed E-state index contributed by atoms with van der Waals surface area (Å²) in [7, 11) is 0. The van der Waals surface area contributed by atoms with E-state index in [0.717, 1.165) is 12.1 Å². The molecule has 8 nitrogen and oxygen atoms in total. The molecule has 1 N–H and O–H groups in total. The number of anilines is 2. The zero-order valence-corrected chi connectivity index (χ0v) is 14.8. The minimum atomic E-state index is -0.784. The van der Waals surface area contributed by atoms with Gasteiger partial charge < -0.3 is 10.2 Å². The molecule has 1 aliphatic rings. The minimum Gasteiger partial charge on any atom is -0.355 e. The maximum Gasteiger partial charge on any atom is 0.227 e. The van der Waals surface area contributed by atoms with Crippen molar-refractivity contribution in [2.45, 2.75) is 12.8 Å². The van der Waals surface area contributed by atoms with Gasteiger partial charge in [-0.15, -0.1) is 10.2 Å². The summed E-state index contributed by atoms with van der Waals surface area (Å²) in [6.07, 6.45) is 4.16. The van der Waals surface area contributed by atoms with Crippen molar-refractivity contribution in [1.82, 2.24) is 25.0 Å². The maximum absolute atomic E-state index is 13.7. The first-order chi connectivity index (χ1) is 13.6. The Hall–Kier alpha value is -3.43. The molecule has 0 aliphatic carbocycles. The van der Waals surface area contributed by atoms with Gasteiger partial charge in [-0.05, 0) is 37.1 Å². The molecule has 0 atom stereocenters. The van der Waals surface area contributed by atoms with Crippen LogP contribution in [0.3, 0.4) is 0 Å². The van der Waals surface area contributed by atoms with Crippen molar-refractivity contribution in [2.24, 2.45) is 5.92 Å². The van der Waals surface area contributed by atoms with Crippen LogP contribution >= 0.6 is 0 Å². The van der Waals surface area contributed by atoms with Crippen LogP contribution in [0.4, 0.5) is 20.3 Å². The van der Waals surface area contributed by atoms with Crippen LogP contribution in [0.15, 0.2) is 43.0 Å². The Kier molecular flexibility index (Phi) is 4.92. The minimum absolute atomic E-state index is 0.0107. The van der Waals surface area contributed by atoms with Gasteiger partial charge in [-0.1, -0.05) is 0 Å². The van der Waals surface area contributed by atoms with E-state index in [1.54, 1.807) is 6.07 Å². The lowest BCUT2D eigenvalue weighted by Gasteiger charge is -2.31. The van der Waals surface area contributed by atoms with Crippen LogP contribution < -0.4 is 10.2 Å². The molecule has 4 rings (SSSR count). The van der Waals surface area contributed by atoms with Crippen molar-refractivity contribution in [3.8, 4) is 5.82 Å². The topological polar surface area (TPSA) is 88.8 Å². The molecule has 1 amide bonds. The van der Waals surface area contributed by atoms with Crippen LogP contribution in [0.5, 0.6) is 0 Å². The van der Waals surface area contributed by atoms with Crippen LogP contribution in [0.2, 0.25) is 0 Å². The van der Waals surface area contributed by atoms with E-state index in [-0.39, 0.29) is 17.5 Å². The SMILES string of the molecule is O=C(Nc1ccc(F)cc1F)C1CCN(c2ccc(-n3cncn3)nn2)CC1. The molecule has 1 aliphatic heterocycles. The smallest absolute Gasteiger partial charge is 0.227 e. The van der Waals surface area contributed by atoms with Gasteiger partial charge in [0.2, 0.25) is 5.91 Å². The van der Waals surface area contributed by atoms with Gasteiger partial charge in [0.05, 0.1) is 5.69 Å². The van der Waals surface area contributed by atoms with Gasteiger partial charge in [0.25, 0.3) is 0 Å². The number of halogens is 2. The van der Waals surface area contributed by atoms with E-state index in [2.05, 4.69) is 25.6 Å². The number of hydrogen-bond donors (Lipinski definition) is 1. The molecule has 144 valence electrons. The third-order valence-electron chi connectivity index (χ3n) is 4.67. The number of carbonyl (C=O) groups excluding carboxylic acids is 1. The van der Waals surface area contributed by atoms with Crippen molar-refractivity contribution >= 4 is 17.4 Å². The van der Waals surface area contributed by atoms with Crippen LogP contribution in [-0.2, 0) is 4.79 Å². The molecule has 28 heavy (non-hydrogen) atoms. The maximum atomic E-state index is 13.7. The van der Waals surface area contributed by atoms with Crippen LogP contribution in [-0.4, -0.2) is 44.0 Å². The Bertz CT molecular complexity index is 955. The lowest BCUT2D eigenvalue weighted by molar-refractivity contribution is -0.120. The summed E-state index contributed by atoms with van der Waals surface area (Å²) in [6, 6.07) is 6.73. The fourth-order valence-corrected chi connectivity index (χ4v) is 3.13. The van der Waals surface area contributed by atoms with E-state index in [1.165, 1.54) is 23.4 Å². The first-order valence-electron chi connectivity index (χ1n) is 8.80. The van der Waals surface area contributed by atoms with Crippen molar-refractivity contribution in [1.29, 1.82) is 0 Å². The standard InChI is InChI=1S/C18H17F2N7O/c19-13-1-2-15(14(20)9-13)23-18(28)12-5-7-26(8-6-12)16-3-4-17(25-24-16)27-11-21-10-22-27/h1-4,9-12H,5-8H2,(H,23,28). The molecule has 0 saturated carbocycles. The Morgan fingerprint density at radius 3 is 2.46 bits per heavy atom. The fraction of sp³-hybridized carbons (Fsp3) is 0.278. The molecule has 1 saturated heterocycles. The lowest BCUT2D eigenvalue weighted by Crippen LogP contribution is -2.38. The molecule has 1 fully saturated rings. The Morgan fingerprint density at radius 2 is 1.82 bits per heavy atom. The summed E-state index contributed by atoms with van der Waals surface area (Å²) < 4.78 is 28.2. The number of amides is 1. The van der Waals surface area contributed by atoms with E-state index in [4.69, 9.17) is 0 Å². The van der Waals surface area contributed by atoms with Gasteiger partial charge in [0.15, 0.2) is 11.6 Å². The van der Waals surface area contributed by atoms with E-state index in [0.29, 0.717) is 37.6 Å². The van der Waals surface area contributed by atoms with Crippen LogP contribution in [0, 0.1) is 17.6 Å². The summed E-state index contributed by atoms with van der Waals surface area (Å²) in [5, 5.41) is 14.9. The Balaban J connectivity index is 1.34. The van der Waals surface area contributed by atoms with Gasteiger partial charge in [0.1, 0.15) is 24.3 Å². The third-order valence-corrected chi connectivity index (χ3v) is 4.67. The number of rotatable bonds is 4. The molecule has 0 bridgehead atoms. The van der Waals surface area contributed by atoms with E-state index < -0.39 is 11.6 Å². The van der Waals surface area contributed by atoms with Crippen molar-refractivity contribution in [2.75, 3.05) is 23.3 Å². The molecule has 3 aromatic rings. The fourth-order valence-electron chi connectivity index (χ4n) is 3.13. The highest BCUT2D eigenvalue weighted by atomic mass is 19.1. The van der Waals surface area contributed by atoms with Gasteiger partial charge in [-0.2, -0.15) is 5.10 Å². The van der Waals surface area contributed by atoms with Crippen molar-refractivity contribution < 1.29 is 13.6 Å². The second-order valence-corrected chi connectivity index (χ2v) is 6.46. The number of piperidine rings is 1. The Morgan fingerprint density at radius 1 is 1.07 bits per heavy atom. The predicted molar refractivity (Wildman–Crippen MR) is 96.9 cm³/mol. The molecular formula is C18H17F2N7O.